The van der Waals surface area contributed by atoms with Crippen LogP contribution in [0.5, 0.6) is 5.75 Å². The number of carbonyl (C=O) groups excluding carboxylic acids is 1. The Morgan fingerprint density at radius 3 is 2.67 bits per heavy atom. The van der Waals surface area contributed by atoms with Crippen molar-refractivity contribution in [1.29, 1.82) is 0 Å². The van der Waals surface area contributed by atoms with Crippen LogP contribution in [0, 0.1) is 13.8 Å². The van der Waals surface area contributed by atoms with Crippen LogP contribution in [0.2, 0.25) is 0 Å². The van der Waals surface area contributed by atoms with E-state index in [1.807, 2.05) is 25.1 Å². The molecule has 0 aliphatic heterocycles. The molecule has 0 saturated heterocycles. The van der Waals surface area contributed by atoms with Crippen molar-refractivity contribution in [3.8, 4) is 5.75 Å². The number of ketones is 1. The van der Waals surface area contributed by atoms with E-state index in [0.717, 1.165) is 35.5 Å². The van der Waals surface area contributed by atoms with Crippen molar-refractivity contribution in [2.24, 2.45) is 0 Å². The largest absolute Gasteiger partial charge is 0.485 e. The Morgan fingerprint density at radius 1 is 1.21 bits per heavy atom. The van der Waals surface area contributed by atoms with Gasteiger partial charge in [0.05, 0.1) is 0 Å². The molecule has 1 heterocycles. The first-order chi connectivity index (χ1) is 11.5. The van der Waals surface area contributed by atoms with Crippen molar-refractivity contribution in [3.63, 3.8) is 0 Å². The zero-order chi connectivity index (χ0) is 17.3. The first kappa shape index (κ1) is 16.8. The van der Waals surface area contributed by atoms with Crippen LogP contribution in [0.15, 0.2) is 24.3 Å². The van der Waals surface area contributed by atoms with E-state index in [0.29, 0.717) is 6.04 Å². The summed E-state index contributed by atoms with van der Waals surface area (Å²) in [5, 5.41) is 0. The lowest BCUT2D eigenvalue weighted by Gasteiger charge is -2.19. The molecule has 0 fully saturated rings. The highest BCUT2D eigenvalue weighted by Gasteiger charge is 2.19. The minimum atomic E-state index is 0.0587. The molecule has 0 spiro atoms. The van der Waals surface area contributed by atoms with Gasteiger partial charge in [-0.15, -0.1) is 0 Å². The summed E-state index contributed by atoms with van der Waals surface area (Å²) < 4.78 is 8.13. The highest BCUT2D eigenvalue weighted by molar-refractivity contribution is 5.98. The van der Waals surface area contributed by atoms with Crippen LogP contribution in [0.1, 0.15) is 65.6 Å². The molecule has 1 aliphatic carbocycles. The Hall–Kier alpha value is -2.03. The molecule has 0 N–H and O–H groups in total. The fourth-order valence-corrected chi connectivity index (χ4v) is 3.96. The van der Waals surface area contributed by atoms with Gasteiger partial charge in [-0.3, -0.25) is 4.79 Å². The first-order valence-corrected chi connectivity index (χ1v) is 8.94. The lowest BCUT2D eigenvalue weighted by Crippen LogP contribution is -2.15. The van der Waals surface area contributed by atoms with Crippen LogP contribution in [-0.2, 0) is 12.8 Å². The Morgan fingerprint density at radius 2 is 1.96 bits per heavy atom. The number of Topliss-reactive ketones (excluding diaryl/α,β-unsaturated/α-hetero) is 1. The quantitative estimate of drug-likeness (QED) is 0.738. The average Bonchev–Trinajstić information content (AvgIpc) is 2.87. The van der Waals surface area contributed by atoms with Crippen LogP contribution < -0.4 is 4.74 Å². The molecule has 1 aromatic heterocycles. The first-order valence-electron chi connectivity index (χ1n) is 8.94. The number of hydrogen-bond donors (Lipinski definition) is 0. The van der Waals surface area contributed by atoms with Gasteiger partial charge in [0, 0.05) is 23.0 Å². The van der Waals surface area contributed by atoms with E-state index in [4.69, 9.17) is 4.74 Å². The zero-order valence-corrected chi connectivity index (χ0v) is 15.2. The molecule has 3 rings (SSSR count). The fourth-order valence-electron chi connectivity index (χ4n) is 3.96. The maximum Gasteiger partial charge on any atom is 0.202 e. The Kier molecular flexibility index (Phi) is 4.79. The van der Waals surface area contributed by atoms with Crippen molar-refractivity contribution in [2.75, 3.05) is 6.61 Å². The summed E-state index contributed by atoms with van der Waals surface area (Å²) in [7, 11) is 0. The van der Waals surface area contributed by atoms with Crippen molar-refractivity contribution in [2.45, 2.75) is 59.4 Å². The highest BCUT2D eigenvalue weighted by Crippen LogP contribution is 2.30. The molecule has 2 aromatic rings. The molecule has 0 radical (unpaired) electrons. The third-order valence-electron chi connectivity index (χ3n) is 5.01. The number of benzene rings is 1. The lowest BCUT2D eigenvalue weighted by atomic mass is 9.91. The van der Waals surface area contributed by atoms with Crippen LogP contribution in [0.4, 0.5) is 0 Å². The van der Waals surface area contributed by atoms with Crippen molar-refractivity contribution >= 4 is 5.78 Å². The van der Waals surface area contributed by atoms with Crippen molar-refractivity contribution in [3.05, 3.63) is 52.3 Å². The van der Waals surface area contributed by atoms with Gasteiger partial charge < -0.3 is 9.30 Å². The SMILES string of the molecule is Cc1cc(C(=O)COc2cccc3c2CCCC3)c(C)n1C(C)C. The predicted molar refractivity (Wildman–Crippen MR) is 97.2 cm³/mol. The monoisotopic (exact) mass is 325 g/mol. The van der Waals surface area contributed by atoms with E-state index >= 15 is 0 Å². The number of aryl methyl sites for hydroxylation is 2. The van der Waals surface area contributed by atoms with E-state index in [-0.39, 0.29) is 12.4 Å². The standard InChI is InChI=1S/C21H27NO2/c1-14(2)22-15(3)12-19(16(22)4)20(23)13-24-21-11-7-9-17-8-5-6-10-18(17)21/h7,9,11-12,14H,5-6,8,10,13H2,1-4H3. The normalized spacial score (nSPS) is 13.9. The number of hydrogen-bond acceptors (Lipinski definition) is 2. The topological polar surface area (TPSA) is 31.2 Å². The Balaban J connectivity index is 1.76. The van der Waals surface area contributed by atoms with Gasteiger partial charge in [0.25, 0.3) is 0 Å². The van der Waals surface area contributed by atoms with Crippen LogP contribution in [0.25, 0.3) is 0 Å². The van der Waals surface area contributed by atoms with Gasteiger partial charge in [0.1, 0.15) is 5.75 Å². The molecular weight excluding hydrogens is 298 g/mol. The van der Waals surface area contributed by atoms with E-state index in [2.05, 4.69) is 31.4 Å². The lowest BCUT2D eigenvalue weighted by molar-refractivity contribution is 0.0920. The third-order valence-corrected chi connectivity index (χ3v) is 5.01. The summed E-state index contributed by atoms with van der Waals surface area (Å²) in [6.07, 6.45) is 4.63. The van der Waals surface area contributed by atoms with Crippen LogP contribution in [0.3, 0.4) is 0 Å². The number of nitrogens with zero attached hydrogens (tertiary/aromatic N) is 1. The van der Waals surface area contributed by atoms with Gasteiger partial charge in [-0.1, -0.05) is 12.1 Å². The highest BCUT2D eigenvalue weighted by atomic mass is 16.5. The van der Waals surface area contributed by atoms with Crippen LogP contribution in [-0.4, -0.2) is 17.0 Å². The second kappa shape index (κ2) is 6.84. The molecule has 1 aromatic carbocycles. The average molecular weight is 325 g/mol. The van der Waals surface area contributed by atoms with Gasteiger partial charge >= 0.3 is 0 Å². The maximum absolute atomic E-state index is 12.7. The number of carbonyl (C=O) groups is 1. The molecule has 3 heteroatoms. The van der Waals surface area contributed by atoms with Gasteiger partial charge in [0.15, 0.2) is 6.61 Å². The number of fused-ring (bicyclic) bond motifs is 1. The summed E-state index contributed by atoms with van der Waals surface area (Å²) in [6.45, 7) is 8.46. The molecule has 0 amide bonds. The molecule has 24 heavy (non-hydrogen) atoms. The number of aromatic nitrogens is 1. The molecule has 128 valence electrons. The molecule has 0 saturated carbocycles. The second-order valence-corrected chi connectivity index (χ2v) is 7.06. The summed E-state index contributed by atoms with van der Waals surface area (Å²) >= 11 is 0. The predicted octanol–water partition coefficient (Wildman–Crippen LogP) is 4.83. The van der Waals surface area contributed by atoms with Gasteiger partial charge in [0.2, 0.25) is 5.78 Å². The minimum absolute atomic E-state index is 0.0587. The zero-order valence-electron chi connectivity index (χ0n) is 15.2. The summed E-state index contributed by atoms with van der Waals surface area (Å²) in [4.78, 5) is 12.7. The molecule has 0 unspecified atom stereocenters. The van der Waals surface area contributed by atoms with E-state index in [9.17, 15) is 4.79 Å². The molecule has 0 bridgehead atoms. The van der Waals surface area contributed by atoms with E-state index < -0.39 is 0 Å². The second-order valence-electron chi connectivity index (χ2n) is 7.06. The smallest absolute Gasteiger partial charge is 0.202 e. The molecule has 3 nitrogen and oxygen atoms in total. The van der Waals surface area contributed by atoms with Crippen LogP contribution >= 0.6 is 0 Å². The Bertz CT molecular complexity index is 755. The van der Waals surface area contributed by atoms with Gasteiger partial charge in [-0.2, -0.15) is 0 Å². The van der Waals surface area contributed by atoms with Gasteiger partial charge in [-0.25, -0.2) is 0 Å². The molecule has 1 aliphatic rings. The fraction of sp³-hybridized carbons (Fsp3) is 0.476. The number of ether oxygens (including phenoxy) is 1. The Labute approximate surface area is 144 Å². The van der Waals surface area contributed by atoms with Crippen molar-refractivity contribution < 1.29 is 9.53 Å². The molecular formula is C21H27NO2. The van der Waals surface area contributed by atoms with E-state index in [1.165, 1.54) is 24.0 Å². The van der Waals surface area contributed by atoms with Crippen molar-refractivity contribution in [1.82, 2.24) is 4.57 Å². The third kappa shape index (κ3) is 3.12. The summed E-state index contributed by atoms with van der Waals surface area (Å²) in [5.74, 6) is 0.946. The minimum Gasteiger partial charge on any atom is -0.485 e. The molecule has 0 atom stereocenters. The maximum atomic E-state index is 12.7. The summed E-state index contributed by atoms with van der Waals surface area (Å²) in [5.41, 5.74) is 5.62. The van der Waals surface area contributed by atoms with Gasteiger partial charge in [-0.05, 0) is 76.6 Å². The number of rotatable bonds is 5. The van der Waals surface area contributed by atoms with E-state index in [1.54, 1.807) is 0 Å². The summed E-state index contributed by atoms with van der Waals surface area (Å²) in [6, 6.07) is 8.55.